The van der Waals surface area contributed by atoms with Crippen LogP contribution in [0.3, 0.4) is 0 Å². The van der Waals surface area contributed by atoms with Crippen LogP contribution >= 0.6 is 15.9 Å². The minimum absolute atomic E-state index is 0.0837. The van der Waals surface area contributed by atoms with Gasteiger partial charge in [-0.3, -0.25) is 13.9 Å². The first-order valence-corrected chi connectivity index (χ1v) is 14.9. The maximum absolute atomic E-state index is 14.0. The van der Waals surface area contributed by atoms with Crippen LogP contribution in [-0.4, -0.2) is 43.3 Å². The number of carbonyl (C=O) groups is 2. The molecule has 0 aliphatic carbocycles. The van der Waals surface area contributed by atoms with Gasteiger partial charge in [-0.1, -0.05) is 57.9 Å². The number of anilines is 1. The van der Waals surface area contributed by atoms with E-state index in [4.69, 9.17) is 0 Å². The highest BCUT2D eigenvalue weighted by Crippen LogP contribution is 2.26. The second-order valence-corrected chi connectivity index (χ2v) is 13.5. The molecule has 0 aliphatic rings. The van der Waals surface area contributed by atoms with Crippen molar-refractivity contribution in [2.45, 2.75) is 64.6 Å². The summed E-state index contributed by atoms with van der Waals surface area (Å²) < 4.78 is 29.8. The summed E-state index contributed by atoms with van der Waals surface area (Å²) in [5, 5.41) is 2.93. The predicted molar refractivity (Wildman–Crippen MR) is 159 cm³/mol. The first-order chi connectivity index (χ1) is 18.2. The summed E-state index contributed by atoms with van der Waals surface area (Å²) in [7, 11) is -4.09. The lowest BCUT2D eigenvalue weighted by Gasteiger charge is -2.33. The minimum Gasteiger partial charge on any atom is -0.350 e. The normalized spacial score (nSPS) is 12.5. The van der Waals surface area contributed by atoms with Crippen molar-refractivity contribution in [2.75, 3.05) is 10.8 Å². The SMILES string of the molecule is Cc1ccc(S(=O)(=O)N(CC(=O)N(Cc2ccc(Br)cc2)[C@@H](C)C(=O)NC(C)(C)C)c2cccc(C)c2)cc1. The van der Waals surface area contributed by atoms with Gasteiger partial charge in [-0.05, 0) is 89.1 Å². The molecule has 0 aromatic heterocycles. The fraction of sp³-hybridized carbons (Fsp3) is 0.333. The second kappa shape index (κ2) is 12.3. The second-order valence-electron chi connectivity index (χ2n) is 10.7. The molecule has 1 atom stereocenters. The highest BCUT2D eigenvalue weighted by Gasteiger charge is 2.33. The van der Waals surface area contributed by atoms with Gasteiger partial charge in [0.2, 0.25) is 11.8 Å². The van der Waals surface area contributed by atoms with E-state index in [1.165, 1.54) is 17.0 Å². The van der Waals surface area contributed by atoms with E-state index in [9.17, 15) is 18.0 Å². The van der Waals surface area contributed by atoms with Crippen LogP contribution in [-0.2, 0) is 26.2 Å². The summed E-state index contributed by atoms with van der Waals surface area (Å²) >= 11 is 3.42. The van der Waals surface area contributed by atoms with Gasteiger partial charge in [0.25, 0.3) is 10.0 Å². The molecule has 0 heterocycles. The molecule has 0 spiro atoms. The number of amides is 2. The number of sulfonamides is 1. The van der Waals surface area contributed by atoms with Gasteiger partial charge in [-0.25, -0.2) is 8.42 Å². The van der Waals surface area contributed by atoms with E-state index in [-0.39, 0.29) is 17.3 Å². The molecule has 1 N–H and O–H groups in total. The van der Waals surface area contributed by atoms with Crippen molar-refractivity contribution in [1.82, 2.24) is 10.2 Å². The Hall–Kier alpha value is -3.17. The van der Waals surface area contributed by atoms with E-state index < -0.39 is 34.1 Å². The minimum atomic E-state index is -4.09. The average Bonchev–Trinajstić information content (AvgIpc) is 2.85. The summed E-state index contributed by atoms with van der Waals surface area (Å²) in [6.45, 7) is 10.7. The quantitative estimate of drug-likeness (QED) is 0.341. The number of nitrogens with one attached hydrogen (secondary N) is 1. The topological polar surface area (TPSA) is 86.8 Å². The number of benzene rings is 3. The fourth-order valence-electron chi connectivity index (χ4n) is 3.99. The zero-order chi connectivity index (χ0) is 29.0. The molecule has 3 aromatic rings. The molecule has 3 rings (SSSR count). The van der Waals surface area contributed by atoms with E-state index in [0.717, 1.165) is 25.5 Å². The van der Waals surface area contributed by atoms with Crippen LogP contribution in [0.15, 0.2) is 82.2 Å². The van der Waals surface area contributed by atoms with Crippen LogP contribution in [0.4, 0.5) is 5.69 Å². The monoisotopic (exact) mass is 613 g/mol. The van der Waals surface area contributed by atoms with Crippen molar-refractivity contribution in [3.63, 3.8) is 0 Å². The van der Waals surface area contributed by atoms with Crippen LogP contribution in [0.5, 0.6) is 0 Å². The number of hydrogen-bond donors (Lipinski definition) is 1. The highest BCUT2D eigenvalue weighted by atomic mass is 79.9. The average molecular weight is 615 g/mol. The Balaban J connectivity index is 2.03. The molecule has 0 saturated carbocycles. The van der Waals surface area contributed by atoms with Gasteiger partial charge in [-0.2, -0.15) is 0 Å². The molecular weight excluding hydrogens is 578 g/mol. The molecule has 0 bridgehead atoms. The molecule has 0 radical (unpaired) electrons. The maximum Gasteiger partial charge on any atom is 0.264 e. The summed E-state index contributed by atoms with van der Waals surface area (Å²) in [5.74, 6) is -0.817. The van der Waals surface area contributed by atoms with Crippen molar-refractivity contribution in [2.24, 2.45) is 0 Å². The molecule has 3 aromatic carbocycles. The lowest BCUT2D eigenvalue weighted by Crippen LogP contribution is -2.54. The van der Waals surface area contributed by atoms with E-state index in [1.54, 1.807) is 37.3 Å². The molecule has 0 fully saturated rings. The van der Waals surface area contributed by atoms with Crippen molar-refractivity contribution < 1.29 is 18.0 Å². The zero-order valence-corrected chi connectivity index (χ0v) is 25.6. The lowest BCUT2D eigenvalue weighted by molar-refractivity contribution is -0.140. The standard InChI is InChI=1S/C30H36BrN3O4S/c1-21-10-16-27(17-11-21)39(37,38)34(26-9-7-8-22(2)18-26)20-28(35)33(19-24-12-14-25(31)15-13-24)23(3)29(36)32-30(4,5)6/h7-18,23H,19-20H2,1-6H3,(H,32,36)/t23-/m0/s1. The Morgan fingerprint density at radius 2 is 1.54 bits per heavy atom. The predicted octanol–water partition coefficient (Wildman–Crippen LogP) is 5.59. The highest BCUT2D eigenvalue weighted by molar-refractivity contribution is 9.10. The van der Waals surface area contributed by atoms with Crippen molar-refractivity contribution >= 4 is 43.5 Å². The van der Waals surface area contributed by atoms with Crippen molar-refractivity contribution in [3.8, 4) is 0 Å². The fourth-order valence-corrected chi connectivity index (χ4v) is 5.66. The van der Waals surface area contributed by atoms with Gasteiger partial charge in [-0.15, -0.1) is 0 Å². The molecule has 7 nitrogen and oxygen atoms in total. The Labute approximate surface area is 240 Å². The molecule has 2 amide bonds. The number of carbonyl (C=O) groups excluding carboxylic acids is 2. The molecular formula is C30H36BrN3O4S. The third-order valence-corrected chi connectivity index (χ3v) is 8.43. The van der Waals surface area contributed by atoms with Crippen molar-refractivity contribution in [1.29, 1.82) is 0 Å². The first-order valence-electron chi connectivity index (χ1n) is 12.7. The maximum atomic E-state index is 14.0. The zero-order valence-electron chi connectivity index (χ0n) is 23.2. The first kappa shape index (κ1) is 30.4. The number of hydrogen-bond acceptors (Lipinski definition) is 4. The van der Waals surface area contributed by atoms with Gasteiger partial charge >= 0.3 is 0 Å². The Morgan fingerprint density at radius 3 is 2.10 bits per heavy atom. The van der Waals surface area contributed by atoms with Gasteiger partial charge in [0.15, 0.2) is 0 Å². The van der Waals surface area contributed by atoms with E-state index in [1.807, 2.05) is 65.0 Å². The van der Waals surface area contributed by atoms with Gasteiger partial charge < -0.3 is 10.2 Å². The molecule has 0 unspecified atom stereocenters. The number of nitrogens with zero attached hydrogens (tertiary/aromatic N) is 2. The van der Waals surface area contributed by atoms with E-state index >= 15 is 0 Å². The van der Waals surface area contributed by atoms with Gasteiger partial charge in [0.05, 0.1) is 10.6 Å². The molecule has 0 aliphatic heterocycles. The number of aryl methyl sites for hydroxylation is 2. The number of halogens is 1. The van der Waals surface area contributed by atoms with Crippen LogP contribution in [0, 0.1) is 13.8 Å². The van der Waals surface area contributed by atoms with Crippen LogP contribution in [0.25, 0.3) is 0 Å². The Morgan fingerprint density at radius 1 is 0.923 bits per heavy atom. The summed E-state index contributed by atoms with van der Waals surface area (Å²) in [5.41, 5.74) is 2.46. The Kier molecular flexibility index (Phi) is 9.61. The van der Waals surface area contributed by atoms with Crippen LogP contribution < -0.4 is 9.62 Å². The van der Waals surface area contributed by atoms with E-state index in [2.05, 4.69) is 21.2 Å². The van der Waals surface area contributed by atoms with Crippen LogP contribution in [0.1, 0.15) is 44.4 Å². The number of rotatable bonds is 9. The molecule has 208 valence electrons. The largest absolute Gasteiger partial charge is 0.350 e. The van der Waals surface area contributed by atoms with Gasteiger partial charge in [0.1, 0.15) is 12.6 Å². The molecule has 39 heavy (non-hydrogen) atoms. The lowest BCUT2D eigenvalue weighted by atomic mass is 10.1. The van der Waals surface area contributed by atoms with E-state index in [0.29, 0.717) is 5.69 Å². The third-order valence-electron chi connectivity index (χ3n) is 6.11. The summed E-state index contributed by atoms with van der Waals surface area (Å²) in [6, 6.07) is 20.1. The molecule has 9 heteroatoms. The van der Waals surface area contributed by atoms with Crippen LogP contribution in [0.2, 0.25) is 0 Å². The Bertz CT molecular complexity index is 1420. The molecule has 0 saturated heterocycles. The summed E-state index contributed by atoms with van der Waals surface area (Å²) in [6.07, 6.45) is 0. The van der Waals surface area contributed by atoms with Gasteiger partial charge in [0, 0.05) is 16.6 Å². The third kappa shape index (κ3) is 8.16. The smallest absolute Gasteiger partial charge is 0.264 e. The summed E-state index contributed by atoms with van der Waals surface area (Å²) in [4.78, 5) is 28.6. The van der Waals surface area contributed by atoms with Crippen molar-refractivity contribution in [3.05, 3.63) is 94.0 Å².